The van der Waals surface area contributed by atoms with Gasteiger partial charge in [-0.1, -0.05) is 6.08 Å². The highest BCUT2D eigenvalue weighted by molar-refractivity contribution is 5.72. The maximum Gasteiger partial charge on any atom is 0.121 e. The molecule has 0 spiro atoms. The van der Waals surface area contributed by atoms with Crippen LogP contribution < -0.4 is 0 Å². The van der Waals surface area contributed by atoms with Gasteiger partial charge in [-0.05, 0) is 31.6 Å². The fourth-order valence-corrected chi connectivity index (χ4v) is 1.58. The molecule has 0 aromatic carbocycles. The summed E-state index contributed by atoms with van der Waals surface area (Å²) in [7, 11) is 0. The summed E-state index contributed by atoms with van der Waals surface area (Å²) in [6.45, 7) is 3.11. The lowest BCUT2D eigenvalue weighted by atomic mass is 9.90. The monoisotopic (exact) mass is 160 g/mol. The fourth-order valence-electron chi connectivity index (χ4n) is 1.58. The van der Waals surface area contributed by atoms with Gasteiger partial charge < -0.3 is 0 Å². The number of hydrogen-bond donors (Lipinski definition) is 0. The molecule has 0 saturated heterocycles. The molecule has 0 aromatic rings. The minimum atomic E-state index is 0.396. The van der Waals surface area contributed by atoms with E-state index in [1.165, 1.54) is 0 Å². The Kier molecular flexibility index (Phi) is 2.35. The summed E-state index contributed by atoms with van der Waals surface area (Å²) < 4.78 is 0. The van der Waals surface area contributed by atoms with E-state index in [1.54, 1.807) is 0 Å². The van der Waals surface area contributed by atoms with Crippen molar-refractivity contribution in [2.75, 3.05) is 0 Å². The Balaban J connectivity index is 1.95. The van der Waals surface area contributed by atoms with Crippen LogP contribution in [0.4, 0.5) is 0 Å². The van der Waals surface area contributed by atoms with Crippen molar-refractivity contribution in [1.82, 2.24) is 0 Å². The normalized spacial score (nSPS) is 34.0. The molecule has 0 saturated carbocycles. The van der Waals surface area contributed by atoms with Crippen LogP contribution in [0.1, 0.15) is 19.3 Å². The van der Waals surface area contributed by atoms with E-state index in [9.17, 15) is 0 Å². The minimum absolute atomic E-state index is 0.396. The van der Waals surface area contributed by atoms with E-state index >= 15 is 0 Å². The van der Waals surface area contributed by atoms with Crippen LogP contribution in [-0.4, -0.2) is 18.5 Å². The van der Waals surface area contributed by atoms with Crippen molar-refractivity contribution in [3.63, 3.8) is 0 Å². The molecule has 2 heterocycles. The Labute approximate surface area is 73.1 Å². The lowest BCUT2D eigenvalue weighted by molar-refractivity contribution is 0.444. The molecule has 2 aliphatic rings. The van der Waals surface area contributed by atoms with Gasteiger partial charge in [0.25, 0.3) is 0 Å². The van der Waals surface area contributed by atoms with Gasteiger partial charge in [-0.15, -0.1) is 0 Å². The van der Waals surface area contributed by atoms with E-state index in [1.807, 2.05) is 18.5 Å². The predicted octanol–water partition coefficient (Wildman–Crippen LogP) is 1.91. The molecule has 0 aromatic heterocycles. The number of rotatable bonds is 1. The van der Waals surface area contributed by atoms with Gasteiger partial charge in [0.05, 0.1) is 6.04 Å². The molecule has 0 amide bonds. The molecule has 2 radical (unpaired) electrons. The van der Waals surface area contributed by atoms with Crippen molar-refractivity contribution in [1.29, 1.82) is 0 Å². The van der Waals surface area contributed by atoms with Gasteiger partial charge >= 0.3 is 0 Å². The van der Waals surface area contributed by atoms with Crippen LogP contribution in [0.25, 0.3) is 0 Å². The second kappa shape index (κ2) is 3.65. The number of aliphatic imine (C=N–C) groups is 2. The van der Waals surface area contributed by atoms with Crippen LogP contribution in [0.2, 0.25) is 0 Å². The highest BCUT2D eigenvalue weighted by atomic mass is 14.8. The molecule has 0 bridgehead atoms. The quantitative estimate of drug-likeness (QED) is 0.559. The van der Waals surface area contributed by atoms with E-state index in [0.29, 0.717) is 12.0 Å². The van der Waals surface area contributed by atoms with E-state index < -0.39 is 0 Å². The molecule has 2 unspecified atom stereocenters. The van der Waals surface area contributed by atoms with Gasteiger partial charge in [-0.3, -0.25) is 9.98 Å². The molecule has 2 atom stereocenters. The van der Waals surface area contributed by atoms with Gasteiger partial charge in [0.1, 0.15) is 6.54 Å². The Bertz CT molecular complexity index is 228. The summed E-state index contributed by atoms with van der Waals surface area (Å²) in [5, 5.41) is 0. The molecule has 0 aliphatic carbocycles. The first-order valence-electron chi connectivity index (χ1n) is 4.42. The molecular weight excluding hydrogens is 148 g/mol. The zero-order chi connectivity index (χ0) is 8.23. The third-order valence-electron chi connectivity index (χ3n) is 2.28. The van der Waals surface area contributed by atoms with Crippen LogP contribution in [-0.2, 0) is 0 Å². The lowest BCUT2D eigenvalue weighted by Gasteiger charge is -2.23. The first-order chi connectivity index (χ1) is 5.97. The van der Waals surface area contributed by atoms with Gasteiger partial charge in [0.2, 0.25) is 0 Å². The molecule has 12 heavy (non-hydrogen) atoms. The molecule has 2 heteroatoms. The first kappa shape index (κ1) is 7.71. The Morgan fingerprint density at radius 2 is 2.42 bits per heavy atom. The highest BCUT2D eigenvalue weighted by Gasteiger charge is 2.22. The maximum atomic E-state index is 4.40. The first-order valence-corrected chi connectivity index (χ1v) is 4.42. The Morgan fingerprint density at radius 3 is 3.08 bits per heavy atom. The average Bonchev–Trinajstić information content (AvgIpc) is 2.21. The van der Waals surface area contributed by atoms with Crippen molar-refractivity contribution in [3.05, 3.63) is 18.7 Å². The molecular formula is C10H12N2. The molecule has 62 valence electrons. The van der Waals surface area contributed by atoms with Crippen molar-refractivity contribution in [2.45, 2.75) is 25.3 Å². The summed E-state index contributed by atoms with van der Waals surface area (Å²) in [5.74, 6) is 0.441. The summed E-state index contributed by atoms with van der Waals surface area (Å²) >= 11 is 0. The van der Waals surface area contributed by atoms with E-state index in [2.05, 4.69) is 22.6 Å². The zero-order valence-electron chi connectivity index (χ0n) is 6.98. The van der Waals surface area contributed by atoms with Gasteiger partial charge in [-0.2, -0.15) is 0 Å². The van der Waals surface area contributed by atoms with Crippen LogP contribution in [0, 0.1) is 12.5 Å². The SMILES string of the molecule is [C]1N=CCCC1C1CC=CC=N1. The van der Waals surface area contributed by atoms with E-state index in [4.69, 9.17) is 0 Å². The number of hydrogen-bond acceptors (Lipinski definition) is 2. The van der Waals surface area contributed by atoms with E-state index in [0.717, 1.165) is 19.3 Å². The molecule has 2 nitrogen and oxygen atoms in total. The van der Waals surface area contributed by atoms with Gasteiger partial charge in [0, 0.05) is 12.1 Å². The maximum absolute atomic E-state index is 4.40. The van der Waals surface area contributed by atoms with Crippen molar-refractivity contribution < 1.29 is 0 Å². The van der Waals surface area contributed by atoms with Gasteiger partial charge in [0.15, 0.2) is 0 Å². The lowest BCUT2D eigenvalue weighted by Crippen LogP contribution is -2.21. The van der Waals surface area contributed by atoms with Crippen molar-refractivity contribution >= 4 is 12.4 Å². The zero-order valence-corrected chi connectivity index (χ0v) is 6.98. The van der Waals surface area contributed by atoms with Crippen LogP contribution in [0.3, 0.4) is 0 Å². The minimum Gasteiger partial charge on any atom is -0.289 e. The Hall–Kier alpha value is -0.920. The largest absolute Gasteiger partial charge is 0.289 e. The summed E-state index contributed by atoms with van der Waals surface area (Å²) in [6, 6.07) is 0.396. The third kappa shape index (κ3) is 1.63. The molecule has 2 aliphatic heterocycles. The van der Waals surface area contributed by atoms with E-state index in [-0.39, 0.29) is 0 Å². The second-order valence-electron chi connectivity index (χ2n) is 3.15. The smallest absolute Gasteiger partial charge is 0.121 e. The Morgan fingerprint density at radius 1 is 1.42 bits per heavy atom. The van der Waals surface area contributed by atoms with Crippen LogP contribution in [0.15, 0.2) is 22.1 Å². The van der Waals surface area contributed by atoms with Crippen LogP contribution >= 0.6 is 0 Å². The standard InChI is InChI=1S/C10H12N2/c1-2-7-12-10(5-1)9-4-3-6-11-8-9/h1-2,6-7,9-10H,3-5H2. The summed E-state index contributed by atoms with van der Waals surface area (Å²) in [5.41, 5.74) is 0. The fraction of sp³-hybridized carbons (Fsp3) is 0.500. The molecule has 0 fully saturated rings. The van der Waals surface area contributed by atoms with Crippen molar-refractivity contribution in [2.24, 2.45) is 15.9 Å². The molecule has 0 N–H and O–H groups in total. The summed E-state index contributed by atoms with van der Waals surface area (Å²) in [4.78, 5) is 8.47. The number of nitrogens with zero attached hydrogens (tertiary/aromatic N) is 2. The number of allylic oxidation sites excluding steroid dienone is 1. The average molecular weight is 160 g/mol. The highest BCUT2D eigenvalue weighted by Crippen LogP contribution is 2.24. The second-order valence-corrected chi connectivity index (χ2v) is 3.15. The summed E-state index contributed by atoms with van der Waals surface area (Å²) in [6.07, 6.45) is 11.3. The third-order valence-corrected chi connectivity index (χ3v) is 2.28. The number of dihydropyridines is 1. The topological polar surface area (TPSA) is 24.7 Å². The molecule has 2 rings (SSSR count). The van der Waals surface area contributed by atoms with Crippen molar-refractivity contribution in [3.8, 4) is 0 Å². The predicted molar refractivity (Wildman–Crippen MR) is 50.5 cm³/mol. The van der Waals surface area contributed by atoms with Crippen LogP contribution in [0.5, 0.6) is 0 Å². The van der Waals surface area contributed by atoms with Gasteiger partial charge in [-0.25, -0.2) is 0 Å².